The Kier molecular flexibility index (Phi) is 2.81. The fraction of sp³-hybridized carbons (Fsp3) is 0.417. The second-order valence-corrected chi connectivity index (χ2v) is 4.08. The monoisotopic (exact) mass is 189 g/mol. The Balaban J connectivity index is 3.21. The third-order valence-corrected chi connectivity index (χ3v) is 2.78. The number of aromatic hydroxyl groups is 1. The summed E-state index contributed by atoms with van der Waals surface area (Å²) in [6, 6.07) is 7.21. The Morgan fingerprint density at radius 2 is 2.07 bits per heavy atom. The first-order chi connectivity index (χ1) is 6.51. The van der Waals surface area contributed by atoms with E-state index in [1.807, 2.05) is 12.1 Å². The fourth-order valence-corrected chi connectivity index (χ4v) is 1.25. The third kappa shape index (κ3) is 1.88. The number of nitriles is 1. The van der Waals surface area contributed by atoms with Gasteiger partial charge in [-0.2, -0.15) is 5.26 Å². The molecule has 1 rings (SSSR count). The lowest BCUT2D eigenvalue weighted by Gasteiger charge is -2.23. The van der Waals surface area contributed by atoms with Gasteiger partial charge in [0.25, 0.3) is 0 Å². The predicted molar refractivity (Wildman–Crippen MR) is 56.1 cm³/mol. The maximum atomic E-state index is 9.35. The number of phenolic OH excluding ortho intramolecular Hbond substituents is 1. The van der Waals surface area contributed by atoms with Gasteiger partial charge in [0.05, 0.1) is 5.56 Å². The Bertz CT molecular complexity index is 374. The molecular weight excluding hydrogens is 174 g/mol. The quantitative estimate of drug-likeness (QED) is 0.777. The average Bonchev–Trinajstić information content (AvgIpc) is 2.18. The van der Waals surface area contributed by atoms with Crippen molar-refractivity contribution in [3.8, 4) is 11.8 Å². The summed E-state index contributed by atoms with van der Waals surface area (Å²) in [4.78, 5) is 0. The molecule has 0 atom stereocenters. The van der Waals surface area contributed by atoms with Gasteiger partial charge in [-0.15, -0.1) is 0 Å². The summed E-state index contributed by atoms with van der Waals surface area (Å²) in [5.74, 6) is 0.0585. The highest BCUT2D eigenvalue weighted by Gasteiger charge is 2.18. The highest BCUT2D eigenvalue weighted by molar-refractivity contribution is 5.46. The van der Waals surface area contributed by atoms with Gasteiger partial charge in [-0.05, 0) is 29.5 Å². The number of rotatable bonds is 2. The molecule has 0 radical (unpaired) electrons. The number of phenols is 1. The number of hydrogen-bond donors (Lipinski definition) is 1. The van der Waals surface area contributed by atoms with Crippen molar-refractivity contribution in [2.24, 2.45) is 0 Å². The molecule has 0 aliphatic heterocycles. The standard InChI is InChI=1S/C12H15NO/c1-4-12(2,3)10-5-6-11(14)9(7-10)8-13/h5-7,14H,4H2,1-3H3. The third-order valence-electron chi connectivity index (χ3n) is 2.78. The van der Waals surface area contributed by atoms with Crippen LogP contribution in [0.15, 0.2) is 18.2 Å². The van der Waals surface area contributed by atoms with Crippen LogP contribution in [0.3, 0.4) is 0 Å². The normalized spacial score (nSPS) is 11.0. The van der Waals surface area contributed by atoms with Crippen LogP contribution in [0.5, 0.6) is 5.75 Å². The zero-order chi connectivity index (χ0) is 10.8. The Morgan fingerprint density at radius 1 is 1.43 bits per heavy atom. The van der Waals surface area contributed by atoms with E-state index in [1.54, 1.807) is 12.1 Å². The Morgan fingerprint density at radius 3 is 2.57 bits per heavy atom. The second-order valence-electron chi connectivity index (χ2n) is 4.08. The molecule has 0 saturated carbocycles. The van der Waals surface area contributed by atoms with Gasteiger partial charge in [0, 0.05) is 0 Å². The van der Waals surface area contributed by atoms with Crippen LogP contribution in [-0.4, -0.2) is 5.11 Å². The van der Waals surface area contributed by atoms with Gasteiger partial charge in [-0.1, -0.05) is 26.8 Å². The molecule has 0 fully saturated rings. The molecular formula is C12H15NO. The van der Waals surface area contributed by atoms with Crippen LogP contribution >= 0.6 is 0 Å². The number of hydrogen-bond acceptors (Lipinski definition) is 2. The molecule has 0 unspecified atom stereocenters. The van der Waals surface area contributed by atoms with Gasteiger partial charge < -0.3 is 5.11 Å². The SMILES string of the molecule is CCC(C)(C)c1ccc(O)c(C#N)c1. The van der Waals surface area contributed by atoms with Crippen LogP contribution in [0.25, 0.3) is 0 Å². The zero-order valence-corrected chi connectivity index (χ0v) is 8.83. The zero-order valence-electron chi connectivity index (χ0n) is 8.83. The summed E-state index contributed by atoms with van der Waals surface area (Å²) >= 11 is 0. The molecule has 0 aliphatic carbocycles. The van der Waals surface area contributed by atoms with E-state index in [4.69, 9.17) is 5.26 Å². The van der Waals surface area contributed by atoms with Crippen molar-refractivity contribution >= 4 is 0 Å². The number of benzene rings is 1. The van der Waals surface area contributed by atoms with E-state index in [2.05, 4.69) is 20.8 Å². The van der Waals surface area contributed by atoms with E-state index in [9.17, 15) is 5.11 Å². The molecule has 74 valence electrons. The topological polar surface area (TPSA) is 44.0 Å². The molecule has 2 nitrogen and oxygen atoms in total. The fourth-order valence-electron chi connectivity index (χ4n) is 1.25. The Hall–Kier alpha value is -1.49. The minimum absolute atomic E-state index is 0.0549. The van der Waals surface area contributed by atoms with E-state index in [0.717, 1.165) is 12.0 Å². The molecule has 0 spiro atoms. The first kappa shape index (κ1) is 10.6. The van der Waals surface area contributed by atoms with Crippen LogP contribution in [0.2, 0.25) is 0 Å². The molecule has 0 aromatic heterocycles. The van der Waals surface area contributed by atoms with Crippen LogP contribution < -0.4 is 0 Å². The van der Waals surface area contributed by atoms with Crippen molar-refractivity contribution in [1.29, 1.82) is 5.26 Å². The average molecular weight is 189 g/mol. The van der Waals surface area contributed by atoms with Gasteiger partial charge >= 0.3 is 0 Å². The van der Waals surface area contributed by atoms with Gasteiger partial charge in [0.2, 0.25) is 0 Å². The van der Waals surface area contributed by atoms with Gasteiger partial charge in [-0.3, -0.25) is 0 Å². The number of nitrogens with zero attached hydrogens (tertiary/aromatic N) is 1. The van der Waals surface area contributed by atoms with E-state index < -0.39 is 0 Å². The largest absolute Gasteiger partial charge is 0.507 e. The smallest absolute Gasteiger partial charge is 0.133 e. The van der Waals surface area contributed by atoms with Gasteiger partial charge in [0.15, 0.2) is 0 Å². The van der Waals surface area contributed by atoms with Crippen molar-refractivity contribution in [2.45, 2.75) is 32.6 Å². The summed E-state index contributed by atoms with van der Waals surface area (Å²) in [7, 11) is 0. The van der Waals surface area contributed by atoms with Crippen molar-refractivity contribution in [3.05, 3.63) is 29.3 Å². The van der Waals surface area contributed by atoms with Gasteiger partial charge in [0.1, 0.15) is 11.8 Å². The van der Waals surface area contributed by atoms with Crippen LogP contribution in [-0.2, 0) is 5.41 Å². The van der Waals surface area contributed by atoms with E-state index in [-0.39, 0.29) is 11.2 Å². The molecule has 0 aliphatic rings. The molecule has 14 heavy (non-hydrogen) atoms. The lowest BCUT2D eigenvalue weighted by molar-refractivity contribution is 0.469. The minimum Gasteiger partial charge on any atom is -0.507 e. The van der Waals surface area contributed by atoms with Crippen molar-refractivity contribution in [3.63, 3.8) is 0 Å². The lowest BCUT2D eigenvalue weighted by atomic mass is 9.81. The summed E-state index contributed by atoms with van der Waals surface area (Å²) < 4.78 is 0. The molecule has 0 amide bonds. The molecule has 0 heterocycles. The highest BCUT2D eigenvalue weighted by Crippen LogP contribution is 2.29. The van der Waals surface area contributed by atoms with Crippen LogP contribution in [0.4, 0.5) is 0 Å². The van der Waals surface area contributed by atoms with Gasteiger partial charge in [-0.25, -0.2) is 0 Å². The minimum atomic E-state index is 0.0549. The van der Waals surface area contributed by atoms with E-state index in [1.165, 1.54) is 0 Å². The molecule has 0 bridgehead atoms. The lowest BCUT2D eigenvalue weighted by Crippen LogP contribution is -2.15. The first-order valence-electron chi connectivity index (χ1n) is 4.75. The molecule has 0 saturated heterocycles. The molecule has 1 N–H and O–H groups in total. The Labute approximate surface area is 84.8 Å². The summed E-state index contributed by atoms with van der Waals surface area (Å²) in [6.45, 7) is 6.36. The van der Waals surface area contributed by atoms with Crippen molar-refractivity contribution in [2.75, 3.05) is 0 Å². The molecule has 1 aromatic rings. The second kappa shape index (κ2) is 3.71. The van der Waals surface area contributed by atoms with Crippen molar-refractivity contribution in [1.82, 2.24) is 0 Å². The highest BCUT2D eigenvalue weighted by atomic mass is 16.3. The van der Waals surface area contributed by atoms with Crippen LogP contribution in [0, 0.1) is 11.3 Å². The maximum Gasteiger partial charge on any atom is 0.133 e. The summed E-state index contributed by atoms with van der Waals surface area (Å²) in [6.07, 6.45) is 1.00. The summed E-state index contributed by atoms with van der Waals surface area (Å²) in [5.41, 5.74) is 1.50. The molecule has 1 aromatic carbocycles. The predicted octanol–water partition coefficient (Wildman–Crippen LogP) is 2.95. The molecule has 2 heteroatoms. The summed E-state index contributed by atoms with van der Waals surface area (Å²) in [5, 5.41) is 18.1. The maximum absolute atomic E-state index is 9.35. The van der Waals surface area contributed by atoms with E-state index >= 15 is 0 Å². The van der Waals surface area contributed by atoms with E-state index in [0.29, 0.717) is 5.56 Å². The first-order valence-corrected chi connectivity index (χ1v) is 4.75. The van der Waals surface area contributed by atoms with Crippen molar-refractivity contribution < 1.29 is 5.11 Å². The van der Waals surface area contributed by atoms with Crippen LogP contribution in [0.1, 0.15) is 38.3 Å².